The van der Waals surface area contributed by atoms with Crippen molar-refractivity contribution in [2.24, 2.45) is 5.73 Å². The van der Waals surface area contributed by atoms with Gasteiger partial charge in [-0.2, -0.15) is 0 Å². The highest BCUT2D eigenvalue weighted by atomic mass is 35.5. The van der Waals surface area contributed by atoms with Gasteiger partial charge in [-0.1, -0.05) is 50.6 Å². The zero-order valence-corrected chi connectivity index (χ0v) is 12.9. The lowest BCUT2D eigenvalue weighted by Crippen LogP contribution is -2.08. The second kappa shape index (κ2) is 9.22. The minimum atomic E-state index is -0.0572. The molecule has 0 spiro atoms. The van der Waals surface area contributed by atoms with Crippen LogP contribution in [-0.4, -0.2) is 6.61 Å². The van der Waals surface area contributed by atoms with E-state index < -0.39 is 0 Å². The molecule has 19 heavy (non-hydrogen) atoms. The number of unbranched alkanes of at least 4 members (excludes halogenated alkanes) is 5. The Hall–Kier alpha value is -0.730. The standard InChI is InChI=1S/C16H26ClNO/c1-3-4-5-6-7-8-11-19-16-10-9-14(17)12-15(16)13(2)18/h9-10,12-13H,3-8,11,18H2,1-2H3/t13-/m0/s1. The summed E-state index contributed by atoms with van der Waals surface area (Å²) in [6, 6.07) is 5.60. The van der Waals surface area contributed by atoms with Crippen LogP contribution in [0, 0.1) is 0 Å². The molecule has 1 aromatic rings. The summed E-state index contributed by atoms with van der Waals surface area (Å²) in [5.74, 6) is 0.868. The quantitative estimate of drug-likeness (QED) is 0.640. The summed E-state index contributed by atoms with van der Waals surface area (Å²) < 4.78 is 5.82. The third-order valence-corrected chi connectivity index (χ3v) is 3.45. The van der Waals surface area contributed by atoms with E-state index in [0.29, 0.717) is 5.02 Å². The highest BCUT2D eigenvalue weighted by Gasteiger charge is 2.08. The summed E-state index contributed by atoms with van der Waals surface area (Å²) in [6.45, 7) is 4.94. The van der Waals surface area contributed by atoms with E-state index in [1.807, 2.05) is 25.1 Å². The van der Waals surface area contributed by atoms with Gasteiger partial charge in [-0.3, -0.25) is 0 Å². The van der Waals surface area contributed by atoms with Crippen LogP contribution in [0.4, 0.5) is 0 Å². The van der Waals surface area contributed by atoms with Crippen LogP contribution in [0.1, 0.15) is 64.0 Å². The maximum atomic E-state index is 5.98. The molecule has 1 aromatic carbocycles. The Kier molecular flexibility index (Phi) is 7.92. The van der Waals surface area contributed by atoms with Crippen molar-refractivity contribution in [2.45, 2.75) is 58.4 Å². The van der Waals surface area contributed by atoms with Crippen molar-refractivity contribution in [3.63, 3.8) is 0 Å². The number of hydrogen-bond donors (Lipinski definition) is 1. The van der Waals surface area contributed by atoms with E-state index in [1.165, 1.54) is 32.1 Å². The fraction of sp³-hybridized carbons (Fsp3) is 0.625. The predicted molar refractivity (Wildman–Crippen MR) is 82.9 cm³/mol. The SMILES string of the molecule is CCCCCCCCOc1ccc(Cl)cc1[C@H](C)N. The van der Waals surface area contributed by atoms with Crippen molar-refractivity contribution >= 4 is 11.6 Å². The van der Waals surface area contributed by atoms with E-state index in [9.17, 15) is 0 Å². The first-order valence-corrected chi connectivity index (χ1v) is 7.70. The molecule has 0 aliphatic rings. The van der Waals surface area contributed by atoms with Gasteiger partial charge < -0.3 is 10.5 Å². The number of ether oxygens (including phenoxy) is 1. The summed E-state index contributed by atoms with van der Waals surface area (Å²) in [7, 11) is 0. The molecule has 0 saturated heterocycles. The maximum absolute atomic E-state index is 5.98. The third kappa shape index (κ3) is 6.31. The van der Waals surface area contributed by atoms with Gasteiger partial charge in [0.05, 0.1) is 6.61 Å². The molecule has 1 atom stereocenters. The molecule has 0 aliphatic carbocycles. The Balaban J connectivity index is 2.33. The number of hydrogen-bond acceptors (Lipinski definition) is 2. The molecule has 0 amide bonds. The molecule has 0 fully saturated rings. The van der Waals surface area contributed by atoms with Crippen molar-refractivity contribution in [2.75, 3.05) is 6.61 Å². The first-order valence-electron chi connectivity index (χ1n) is 7.33. The molecule has 1 rings (SSSR count). The van der Waals surface area contributed by atoms with Crippen LogP contribution < -0.4 is 10.5 Å². The van der Waals surface area contributed by atoms with Crippen molar-refractivity contribution in [1.29, 1.82) is 0 Å². The molecule has 0 radical (unpaired) electrons. The Morgan fingerprint density at radius 1 is 1.16 bits per heavy atom. The van der Waals surface area contributed by atoms with Crippen LogP contribution in [0.3, 0.4) is 0 Å². The summed E-state index contributed by atoms with van der Waals surface area (Å²) in [4.78, 5) is 0. The van der Waals surface area contributed by atoms with Gasteiger partial charge in [-0.25, -0.2) is 0 Å². The van der Waals surface area contributed by atoms with Crippen LogP contribution in [0.25, 0.3) is 0 Å². The molecule has 0 unspecified atom stereocenters. The summed E-state index contributed by atoms with van der Waals surface area (Å²) in [5.41, 5.74) is 6.91. The number of halogens is 1. The highest BCUT2D eigenvalue weighted by Crippen LogP contribution is 2.27. The van der Waals surface area contributed by atoms with E-state index in [-0.39, 0.29) is 6.04 Å². The van der Waals surface area contributed by atoms with E-state index in [4.69, 9.17) is 22.1 Å². The first-order chi connectivity index (χ1) is 9.15. The fourth-order valence-corrected chi connectivity index (χ4v) is 2.25. The molecule has 2 N–H and O–H groups in total. The Morgan fingerprint density at radius 2 is 1.84 bits per heavy atom. The zero-order valence-electron chi connectivity index (χ0n) is 12.1. The van der Waals surface area contributed by atoms with Gasteiger partial charge >= 0.3 is 0 Å². The summed E-state index contributed by atoms with van der Waals surface area (Å²) in [5, 5.41) is 0.708. The highest BCUT2D eigenvalue weighted by molar-refractivity contribution is 6.30. The molecule has 0 bridgehead atoms. The maximum Gasteiger partial charge on any atom is 0.124 e. The zero-order chi connectivity index (χ0) is 14.1. The molecule has 0 saturated carbocycles. The normalized spacial score (nSPS) is 12.4. The van der Waals surface area contributed by atoms with Gasteiger partial charge in [-0.05, 0) is 31.5 Å². The molecule has 0 aliphatic heterocycles. The van der Waals surface area contributed by atoms with Gasteiger partial charge in [0.15, 0.2) is 0 Å². The van der Waals surface area contributed by atoms with Gasteiger partial charge in [0.1, 0.15) is 5.75 Å². The average Bonchev–Trinajstić information content (AvgIpc) is 2.39. The lowest BCUT2D eigenvalue weighted by molar-refractivity contribution is 0.300. The van der Waals surface area contributed by atoms with Crippen LogP contribution in [0.5, 0.6) is 5.75 Å². The first kappa shape index (κ1) is 16.3. The van der Waals surface area contributed by atoms with E-state index in [0.717, 1.165) is 24.3 Å². The van der Waals surface area contributed by atoms with Gasteiger partial charge in [-0.15, -0.1) is 0 Å². The van der Waals surface area contributed by atoms with Gasteiger partial charge in [0.2, 0.25) is 0 Å². The minimum Gasteiger partial charge on any atom is -0.493 e. The lowest BCUT2D eigenvalue weighted by Gasteiger charge is -2.14. The van der Waals surface area contributed by atoms with E-state index >= 15 is 0 Å². The van der Waals surface area contributed by atoms with Crippen LogP contribution in [0.15, 0.2) is 18.2 Å². The Morgan fingerprint density at radius 3 is 2.53 bits per heavy atom. The van der Waals surface area contributed by atoms with Gasteiger partial charge in [0.25, 0.3) is 0 Å². The predicted octanol–water partition coefficient (Wildman–Crippen LogP) is 5.10. The second-order valence-corrected chi connectivity index (χ2v) is 5.52. The summed E-state index contributed by atoms with van der Waals surface area (Å²) in [6.07, 6.45) is 7.61. The molecule has 108 valence electrons. The topological polar surface area (TPSA) is 35.2 Å². The molecule has 2 nitrogen and oxygen atoms in total. The third-order valence-electron chi connectivity index (χ3n) is 3.22. The monoisotopic (exact) mass is 283 g/mol. The smallest absolute Gasteiger partial charge is 0.124 e. The van der Waals surface area contributed by atoms with Crippen molar-refractivity contribution in [3.05, 3.63) is 28.8 Å². The lowest BCUT2D eigenvalue weighted by atomic mass is 10.1. The van der Waals surface area contributed by atoms with Crippen LogP contribution in [-0.2, 0) is 0 Å². The van der Waals surface area contributed by atoms with Gasteiger partial charge in [0, 0.05) is 16.6 Å². The largest absolute Gasteiger partial charge is 0.493 e. The van der Waals surface area contributed by atoms with Crippen molar-refractivity contribution < 1.29 is 4.74 Å². The second-order valence-electron chi connectivity index (χ2n) is 5.09. The molecular formula is C16H26ClNO. The average molecular weight is 284 g/mol. The Bertz CT molecular complexity index is 366. The van der Waals surface area contributed by atoms with Crippen molar-refractivity contribution in [1.82, 2.24) is 0 Å². The minimum absolute atomic E-state index is 0.0572. The molecule has 0 heterocycles. The summed E-state index contributed by atoms with van der Waals surface area (Å²) >= 11 is 5.98. The Labute approximate surface area is 122 Å². The van der Waals surface area contributed by atoms with E-state index in [2.05, 4.69) is 6.92 Å². The molecule has 0 aromatic heterocycles. The fourth-order valence-electron chi connectivity index (χ4n) is 2.07. The van der Waals surface area contributed by atoms with Crippen LogP contribution >= 0.6 is 11.6 Å². The van der Waals surface area contributed by atoms with Crippen LogP contribution in [0.2, 0.25) is 5.02 Å². The van der Waals surface area contributed by atoms with E-state index in [1.54, 1.807) is 0 Å². The molecule has 3 heteroatoms. The molecular weight excluding hydrogens is 258 g/mol. The number of rotatable bonds is 9. The van der Waals surface area contributed by atoms with Crippen molar-refractivity contribution in [3.8, 4) is 5.75 Å². The number of nitrogens with two attached hydrogens (primary N) is 1. The number of benzene rings is 1.